The highest BCUT2D eigenvalue weighted by Crippen LogP contribution is 2.41. The summed E-state index contributed by atoms with van der Waals surface area (Å²) < 4.78 is 4.85. The summed E-state index contributed by atoms with van der Waals surface area (Å²) in [6.45, 7) is 0. The molecule has 0 unspecified atom stereocenters. The Morgan fingerprint density at radius 1 is 0.283 bits per heavy atom. The van der Waals surface area contributed by atoms with Gasteiger partial charge in [0.25, 0.3) is 0 Å². The molecule has 2 heterocycles. The standard InChI is InChI=1S/C44H28N2/c1-2-15-31(16-3-1)45-41-23-10-8-21-36(41)39-28-44-40(27-43(39)45)37-22-9-11-24-42(37)46(44)32-17-12-14-29(25-32)38-26-30-13-4-5-18-33(30)34-19-6-7-20-35(34)38/h1-28H. The third kappa shape index (κ3) is 3.59. The van der Waals surface area contributed by atoms with Crippen molar-refractivity contribution in [2.24, 2.45) is 0 Å². The van der Waals surface area contributed by atoms with Crippen molar-refractivity contribution in [3.63, 3.8) is 0 Å². The highest BCUT2D eigenvalue weighted by atomic mass is 15.0. The number of aromatic nitrogens is 2. The fraction of sp³-hybridized carbons (Fsp3) is 0. The molecule has 46 heavy (non-hydrogen) atoms. The van der Waals surface area contributed by atoms with Crippen LogP contribution in [0.4, 0.5) is 0 Å². The van der Waals surface area contributed by atoms with E-state index >= 15 is 0 Å². The van der Waals surface area contributed by atoms with Crippen LogP contribution < -0.4 is 0 Å². The zero-order chi connectivity index (χ0) is 30.2. The second kappa shape index (κ2) is 9.69. The molecule has 0 aliphatic rings. The summed E-state index contributed by atoms with van der Waals surface area (Å²) >= 11 is 0. The van der Waals surface area contributed by atoms with E-state index in [9.17, 15) is 0 Å². The molecule has 10 aromatic rings. The molecular weight excluding hydrogens is 556 g/mol. The van der Waals surface area contributed by atoms with E-state index in [1.807, 2.05) is 0 Å². The predicted octanol–water partition coefficient (Wildman–Crippen LogP) is 11.9. The van der Waals surface area contributed by atoms with Crippen LogP contribution in [0.1, 0.15) is 0 Å². The molecule has 2 heteroatoms. The molecule has 0 aliphatic heterocycles. The largest absolute Gasteiger partial charge is 0.309 e. The third-order valence-electron chi connectivity index (χ3n) is 9.66. The second-order valence-electron chi connectivity index (χ2n) is 12.2. The first-order valence-electron chi connectivity index (χ1n) is 15.9. The number of hydrogen-bond acceptors (Lipinski definition) is 0. The molecule has 8 aromatic carbocycles. The van der Waals surface area contributed by atoms with Crippen LogP contribution in [-0.2, 0) is 0 Å². The molecule has 0 saturated heterocycles. The van der Waals surface area contributed by atoms with Crippen LogP contribution in [0.15, 0.2) is 170 Å². The molecule has 0 amide bonds. The van der Waals surface area contributed by atoms with Crippen molar-refractivity contribution in [3.05, 3.63) is 170 Å². The normalized spacial score (nSPS) is 11.9. The van der Waals surface area contributed by atoms with Gasteiger partial charge in [0, 0.05) is 32.9 Å². The quantitative estimate of drug-likeness (QED) is 0.183. The van der Waals surface area contributed by atoms with Crippen molar-refractivity contribution in [2.45, 2.75) is 0 Å². The van der Waals surface area contributed by atoms with E-state index in [-0.39, 0.29) is 0 Å². The van der Waals surface area contributed by atoms with Gasteiger partial charge in [-0.1, -0.05) is 115 Å². The van der Waals surface area contributed by atoms with Crippen molar-refractivity contribution in [3.8, 4) is 22.5 Å². The van der Waals surface area contributed by atoms with Gasteiger partial charge in [-0.3, -0.25) is 0 Å². The van der Waals surface area contributed by atoms with Crippen LogP contribution in [-0.4, -0.2) is 9.13 Å². The minimum Gasteiger partial charge on any atom is -0.309 e. The van der Waals surface area contributed by atoms with Gasteiger partial charge in [0.05, 0.1) is 22.1 Å². The molecule has 0 N–H and O–H groups in total. The fourth-order valence-corrected chi connectivity index (χ4v) is 7.67. The first-order chi connectivity index (χ1) is 22.8. The van der Waals surface area contributed by atoms with E-state index < -0.39 is 0 Å². The summed E-state index contributed by atoms with van der Waals surface area (Å²) in [5.74, 6) is 0. The summed E-state index contributed by atoms with van der Waals surface area (Å²) in [7, 11) is 0. The lowest BCUT2D eigenvalue weighted by molar-refractivity contribution is 1.17. The van der Waals surface area contributed by atoms with Crippen LogP contribution in [0, 0.1) is 0 Å². The Hall–Kier alpha value is -6.12. The minimum absolute atomic E-state index is 1.16. The molecule has 0 spiro atoms. The molecule has 2 nitrogen and oxygen atoms in total. The Morgan fingerprint density at radius 2 is 0.804 bits per heavy atom. The number of fused-ring (bicyclic) bond motifs is 9. The van der Waals surface area contributed by atoms with Crippen molar-refractivity contribution < 1.29 is 0 Å². The third-order valence-corrected chi connectivity index (χ3v) is 9.66. The number of hydrogen-bond donors (Lipinski definition) is 0. The first kappa shape index (κ1) is 25.2. The fourth-order valence-electron chi connectivity index (χ4n) is 7.67. The molecule has 0 bridgehead atoms. The van der Waals surface area contributed by atoms with Gasteiger partial charge < -0.3 is 9.13 Å². The number of rotatable bonds is 3. The zero-order valence-electron chi connectivity index (χ0n) is 25.1. The Labute approximate surface area is 266 Å². The SMILES string of the molecule is c1ccc(-n2c3ccccc3c3cc4c(cc32)c2ccccc2n4-c2cccc(-c3cc4ccccc4c4ccccc34)c2)cc1. The molecule has 0 atom stereocenters. The summed E-state index contributed by atoms with van der Waals surface area (Å²) in [4.78, 5) is 0. The lowest BCUT2D eigenvalue weighted by atomic mass is 9.93. The van der Waals surface area contributed by atoms with Crippen molar-refractivity contribution in [2.75, 3.05) is 0 Å². The van der Waals surface area contributed by atoms with Gasteiger partial charge in [0.15, 0.2) is 0 Å². The van der Waals surface area contributed by atoms with Crippen molar-refractivity contribution in [1.82, 2.24) is 9.13 Å². The van der Waals surface area contributed by atoms with E-state index in [1.54, 1.807) is 0 Å². The highest BCUT2D eigenvalue weighted by molar-refractivity contribution is 6.19. The van der Waals surface area contributed by atoms with Crippen LogP contribution in [0.3, 0.4) is 0 Å². The molecule has 0 fully saturated rings. The molecule has 214 valence electrons. The van der Waals surface area contributed by atoms with Gasteiger partial charge >= 0.3 is 0 Å². The monoisotopic (exact) mass is 584 g/mol. The van der Waals surface area contributed by atoms with E-state index in [1.165, 1.54) is 82.0 Å². The maximum absolute atomic E-state index is 2.45. The molecule has 0 saturated carbocycles. The first-order valence-corrected chi connectivity index (χ1v) is 15.9. The molecule has 0 radical (unpaired) electrons. The minimum atomic E-state index is 1.16. The second-order valence-corrected chi connectivity index (χ2v) is 12.2. The predicted molar refractivity (Wildman–Crippen MR) is 196 cm³/mol. The van der Waals surface area contributed by atoms with Crippen LogP contribution in [0.2, 0.25) is 0 Å². The van der Waals surface area contributed by atoms with Gasteiger partial charge in [-0.25, -0.2) is 0 Å². The Kier molecular flexibility index (Phi) is 5.31. The van der Waals surface area contributed by atoms with Gasteiger partial charge in [-0.2, -0.15) is 0 Å². The van der Waals surface area contributed by atoms with Gasteiger partial charge in [-0.15, -0.1) is 0 Å². The summed E-state index contributed by atoms with van der Waals surface area (Å²) in [5, 5.41) is 10.1. The maximum Gasteiger partial charge on any atom is 0.0548 e. The van der Waals surface area contributed by atoms with Gasteiger partial charge in [-0.05, 0) is 87.3 Å². The number of nitrogens with zero attached hydrogens (tertiary/aromatic N) is 2. The lowest BCUT2D eigenvalue weighted by Gasteiger charge is -2.14. The average Bonchev–Trinajstić information content (AvgIpc) is 3.63. The van der Waals surface area contributed by atoms with E-state index in [4.69, 9.17) is 0 Å². The van der Waals surface area contributed by atoms with Gasteiger partial charge in [0.1, 0.15) is 0 Å². The van der Waals surface area contributed by atoms with Crippen molar-refractivity contribution in [1.29, 1.82) is 0 Å². The Bertz CT molecular complexity index is 2800. The van der Waals surface area contributed by atoms with Crippen molar-refractivity contribution >= 4 is 65.2 Å². The topological polar surface area (TPSA) is 9.86 Å². The molecule has 10 rings (SSSR count). The summed E-state index contributed by atoms with van der Waals surface area (Å²) in [6, 6.07) is 62.0. The number of para-hydroxylation sites is 3. The van der Waals surface area contributed by atoms with Crippen LogP contribution >= 0.6 is 0 Å². The smallest absolute Gasteiger partial charge is 0.0548 e. The summed E-state index contributed by atoms with van der Waals surface area (Å²) in [5.41, 5.74) is 9.67. The van der Waals surface area contributed by atoms with Crippen LogP contribution in [0.25, 0.3) is 87.7 Å². The lowest BCUT2D eigenvalue weighted by Crippen LogP contribution is -1.95. The Balaban J connectivity index is 1.27. The highest BCUT2D eigenvalue weighted by Gasteiger charge is 2.19. The number of benzene rings is 8. The zero-order valence-corrected chi connectivity index (χ0v) is 25.1. The summed E-state index contributed by atoms with van der Waals surface area (Å²) in [6.07, 6.45) is 0. The van der Waals surface area contributed by atoms with Crippen LogP contribution in [0.5, 0.6) is 0 Å². The van der Waals surface area contributed by atoms with E-state index in [2.05, 4.69) is 179 Å². The van der Waals surface area contributed by atoms with E-state index in [0.29, 0.717) is 0 Å². The average molecular weight is 585 g/mol. The molecule has 2 aromatic heterocycles. The molecular formula is C44H28N2. The molecule has 0 aliphatic carbocycles. The Morgan fingerprint density at radius 3 is 1.50 bits per heavy atom. The maximum atomic E-state index is 2.45. The van der Waals surface area contributed by atoms with E-state index in [0.717, 1.165) is 5.69 Å². The van der Waals surface area contributed by atoms with Gasteiger partial charge in [0.2, 0.25) is 0 Å².